The zero-order valence-electron chi connectivity index (χ0n) is 6.48. The molecule has 0 aromatic heterocycles. The Morgan fingerprint density at radius 2 is 2.20 bits per heavy atom. The van der Waals surface area contributed by atoms with Crippen LogP contribution in [0.15, 0.2) is 0 Å². The van der Waals surface area contributed by atoms with Crippen LogP contribution in [0.4, 0.5) is 0 Å². The van der Waals surface area contributed by atoms with Crippen molar-refractivity contribution in [3.8, 4) is 0 Å². The van der Waals surface area contributed by atoms with E-state index in [0.717, 1.165) is 19.3 Å². The smallest absolute Gasteiger partial charge is 0.225 e. The van der Waals surface area contributed by atoms with Crippen molar-refractivity contribution in [2.45, 2.75) is 33.1 Å². The van der Waals surface area contributed by atoms with Gasteiger partial charge in [-0.25, -0.2) is 0 Å². The molecule has 0 saturated heterocycles. The normalized spacial score (nSPS) is 30.5. The molecule has 1 aliphatic carbocycles. The summed E-state index contributed by atoms with van der Waals surface area (Å²) in [4.78, 5) is 10.8. The summed E-state index contributed by atoms with van der Waals surface area (Å²) < 4.78 is 0. The second-order valence-corrected chi connectivity index (χ2v) is 4.11. The predicted octanol–water partition coefficient (Wildman–Crippen LogP) is 2.58. The van der Waals surface area contributed by atoms with Crippen LogP contribution in [-0.4, -0.2) is 5.24 Å². The van der Waals surface area contributed by atoms with Crippen LogP contribution in [0.25, 0.3) is 0 Å². The molecule has 0 spiro atoms. The third kappa shape index (κ3) is 1.34. The zero-order valence-corrected chi connectivity index (χ0v) is 7.24. The highest BCUT2D eigenvalue weighted by Crippen LogP contribution is 2.43. The molecule has 1 nitrogen and oxygen atoms in total. The van der Waals surface area contributed by atoms with Crippen LogP contribution in [-0.2, 0) is 4.79 Å². The van der Waals surface area contributed by atoms with Crippen molar-refractivity contribution in [1.29, 1.82) is 0 Å². The van der Waals surface area contributed by atoms with Gasteiger partial charge in [-0.1, -0.05) is 20.3 Å². The minimum atomic E-state index is -0.150. The molecular weight excluding hydrogens is 148 g/mol. The van der Waals surface area contributed by atoms with Crippen LogP contribution in [0, 0.1) is 11.3 Å². The molecule has 1 unspecified atom stereocenters. The lowest BCUT2D eigenvalue weighted by Crippen LogP contribution is -2.22. The average Bonchev–Trinajstić information content (AvgIpc) is 2.08. The number of hydrogen-bond donors (Lipinski definition) is 0. The lowest BCUT2D eigenvalue weighted by Gasteiger charge is -2.22. The number of carbonyl (C=O) groups excluding carboxylic acids is 1. The first-order valence-corrected chi connectivity index (χ1v) is 4.11. The van der Waals surface area contributed by atoms with Crippen molar-refractivity contribution < 1.29 is 4.79 Å². The van der Waals surface area contributed by atoms with Gasteiger partial charge in [-0.3, -0.25) is 4.79 Å². The molecule has 10 heavy (non-hydrogen) atoms. The van der Waals surface area contributed by atoms with Crippen LogP contribution in [0.1, 0.15) is 33.1 Å². The third-order valence-electron chi connectivity index (χ3n) is 2.53. The van der Waals surface area contributed by atoms with E-state index in [1.165, 1.54) is 0 Å². The largest absolute Gasteiger partial charge is 0.281 e. The predicted molar refractivity (Wildman–Crippen MR) is 42.0 cm³/mol. The molecule has 1 aliphatic rings. The third-order valence-corrected chi connectivity index (χ3v) is 2.79. The summed E-state index contributed by atoms with van der Waals surface area (Å²) in [5.41, 5.74) is 0.152. The Hall–Kier alpha value is -0.0400. The van der Waals surface area contributed by atoms with Gasteiger partial charge in [-0.05, 0) is 29.9 Å². The van der Waals surface area contributed by atoms with E-state index in [1.54, 1.807) is 0 Å². The van der Waals surface area contributed by atoms with Crippen molar-refractivity contribution in [3.63, 3.8) is 0 Å². The summed E-state index contributed by atoms with van der Waals surface area (Å²) in [6.07, 6.45) is 3.27. The molecule has 1 fully saturated rings. The van der Waals surface area contributed by atoms with Crippen LogP contribution in [0.3, 0.4) is 0 Å². The van der Waals surface area contributed by atoms with E-state index in [9.17, 15) is 4.79 Å². The molecule has 1 atom stereocenters. The van der Waals surface area contributed by atoms with E-state index in [4.69, 9.17) is 11.6 Å². The molecular formula is C8H13ClO. The maximum absolute atomic E-state index is 10.8. The van der Waals surface area contributed by atoms with E-state index in [2.05, 4.69) is 13.8 Å². The summed E-state index contributed by atoms with van der Waals surface area (Å²) in [5.74, 6) is 0.106. The van der Waals surface area contributed by atoms with E-state index >= 15 is 0 Å². The number of rotatable bonds is 1. The van der Waals surface area contributed by atoms with Gasteiger partial charge in [-0.2, -0.15) is 0 Å². The van der Waals surface area contributed by atoms with Gasteiger partial charge in [0.25, 0.3) is 0 Å². The lowest BCUT2D eigenvalue weighted by molar-refractivity contribution is -0.117. The Labute approximate surface area is 66.8 Å². The minimum absolute atomic E-state index is 0.106. The van der Waals surface area contributed by atoms with Crippen LogP contribution in [0.2, 0.25) is 0 Å². The molecule has 0 aliphatic heterocycles. The van der Waals surface area contributed by atoms with Gasteiger partial charge in [0.05, 0.1) is 0 Å². The molecule has 1 rings (SSSR count). The summed E-state index contributed by atoms with van der Waals surface area (Å²) in [5, 5.41) is -0.150. The van der Waals surface area contributed by atoms with Crippen molar-refractivity contribution >= 4 is 16.8 Å². The van der Waals surface area contributed by atoms with Gasteiger partial charge < -0.3 is 0 Å². The first-order chi connectivity index (χ1) is 4.54. The molecule has 0 bridgehead atoms. The Morgan fingerprint density at radius 3 is 2.40 bits per heavy atom. The molecule has 2 heteroatoms. The minimum Gasteiger partial charge on any atom is -0.281 e. The van der Waals surface area contributed by atoms with Crippen molar-refractivity contribution in [2.75, 3.05) is 0 Å². The van der Waals surface area contributed by atoms with Crippen molar-refractivity contribution in [3.05, 3.63) is 0 Å². The van der Waals surface area contributed by atoms with E-state index in [1.807, 2.05) is 0 Å². The maximum atomic E-state index is 10.8. The first-order valence-electron chi connectivity index (χ1n) is 3.73. The van der Waals surface area contributed by atoms with E-state index in [-0.39, 0.29) is 16.6 Å². The fourth-order valence-electron chi connectivity index (χ4n) is 1.75. The van der Waals surface area contributed by atoms with Gasteiger partial charge in [-0.15, -0.1) is 0 Å². The number of carbonyl (C=O) groups is 1. The van der Waals surface area contributed by atoms with Crippen LogP contribution in [0.5, 0.6) is 0 Å². The van der Waals surface area contributed by atoms with E-state index < -0.39 is 0 Å². The highest BCUT2D eigenvalue weighted by atomic mass is 35.5. The lowest BCUT2D eigenvalue weighted by atomic mass is 9.83. The average molecular weight is 161 g/mol. The maximum Gasteiger partial charge on any atom is 0.225 e. The molecule has 0 N–H and O–H groups in total. The van der Waals surface area contributed by atoms with Gasteiger partial charge >= 0.3 is 0 Å². The molecule has 0 heterocycles. The van der Waals surface area contributed by atoms with Crippen molar-refractivity contribution in [2.24, 2.45) is 11.3 Å². The van der Waals surface area contributed by atoms with Crippen LogP contribution >= 0.6 is 11.6 Å². The summed E-state index contributed by atoms with van der Waals surface area (Å²) >= 11 is 5.43. The zero-order chi connectivity index (χ0) is 7.78. The Kier molecular flexibility index (Phi) is 2.04. The SMILES string of the molecule is CC1(C)CCCC1C(=O)Cl. The topological polar surface area (TPSA) is 17.1 Å². The molecule has 0 amide bonds. The van der Waals surface area contributed by atoms with Gasteiger partial charge in [0.1, 0.15) is 0 Å². The Balaban J connectivity index is 2.68. The molecule has 0 radical (unpaired) electrons. The highest BCUT2D eigenvalue weighted by Gasteiger charge is 2.38. The van der Waals surface area contributed by atoms with Gasteiger partial charge in [0.2, 0.25) is 5.24 Å². The fraction of sp³-hybridized carbons (Fsp3) is 0.875. The molecule has 0 aromatic carbocycles. The highest BCUT2D eigenvalue weighted by molar-refractivity contribution is 6.64. The summed E-state index contributed by atoms with van der Waals surface area (Å²) in [6, 6.07) is 0. The van der Waals surface area contributed by atoms with Crippen LogP contribution < -0.4 is 0 Å². The van der Waals surface area contributed by atoms with Crippen molar-refractivity contribution in [1.82, 2.24) is 0 Å². The molecule has 0 aromatic rings. The summed E-state index contributed by atoms with van der Waals surface area (Å²) in [6.45, 7) is 4.23. The molecule has 1 saturated carbocycles. The Morgan fingerprint density at radius 1 is 1.60 bits per heavy atom. The van der Waals surface area contributed by atoms with Gasteiger partial charge in [0, 0.05) is 5.92 Å². The quantitative estimate of drug-likeness (QED) is 0.539. The standard InChI is InChI=1S/C8H13ClO/c1-8(2)5-3-4-6(8)7(9)10/h6H,3-5H2,1-2H3. The van der Waals surface area contributed by atoms with Gasteiger partial charge in [0.15, 0.2) is 0 Å². The summed E-state index contributed by atoms with van der Waals surface area (Å²) in [7, 11) is 0. The Bertz CT molecular complexity index is 151. The number of hydrogen-bond acceptors (Lipinski definition) is 1. The monoisotopic (exact) mass is 160 g/mol. The second-order valence-electron chi connectivity index (χ2n) is 3.74. The molecule has 58 valence electrons. The van der Waals surface area contributed by atoms with E-state index in [0.29, 0.717) is 0 Å². The number of halogens is 1. The first kappa shape index (κ1) is 8.06. The second kappa shape index (κ2) is 2.54. The fourth-order valence-corrected chi connectivity index (χ4v) is 2.15.